The molecule has 1 unspecified atom stereocenters. The van der Waals surface area contributed by atoms with E-state index in [-0.39, 0.29) is 18.3 Å². The Hall–Kier alpha value is -0.280. The van der Waals surface area contributed by atoms with Gasteiger partial charge in [-0.1, -0.05) is 13.8 Å². The van der Waals surface area contributed by atoms with Crippen LogP contribution in [0.3, 0.4) is 0 Å². The molecule has 1 aliphatic rings. The van der Waals surface area contributed by atoms with Crippen molar-refractivity contribution in [2.24, 2.45) is 23.0 Å². The fraction of sp³-hybridized carbons (Fsp3) is 0.929. The van der Waals surface area contributed by atoms with Crippen LogP contribution < -0.4 is 5.73 Å². The highest BCUT2D eigenvalue weighted by Gasteiger charge is 2.32. The van der Waals surface area contributed by atoms with Gasteiger partial charge in [-0.15, -0.1) is 12.4 Å². The molecule has 0 radical (unpaired) electrons. The number of amides is 1. The summed E-state index contributed by atoms with van der Waals surface area (Å²) in [5.41, 5.74) is 5.28. The van der Waals surface area contributed by atoms with Crippen LogP contribution in [-0.2, 0) is 4.79 Å². The van der Waals surface area contributed by atoms with Gasteiger partial charge in [-0.2, -0.15) is 0 Å². The first-order valence-corrected chi connectivity index (χ1v) is 6.88. The fourth-order valence-electron chi connectivity index (χ4n) is 2.51. The number of hydrogen-bond acceptors (Lipinski definition) is 2. The van der Waals surface area contributed by atoms with E-state index in [4.69, 9.17) is 5.73 Å². The largest absolute Gasteiger partial charge is 0.342 e. The van der Waals surface area contributed by atoms with Crippen molar-refractivity contribution in [2.75, 3.05) is 19.6 Å². The van der Waals surface area contributed by atoms with E-state index in [1.807, 2.05) is 18.7 Å². The van der Waals surface area contributed by atoms with Gasteiger partial charge in [0.1, 0.15) is 0 Å². The van der Waals surface area contributed by atoms with Crippen molar-refractivity contribution in [3.8, 4) is 0 Å². The van der Waals surface area contributed by atoms with E-state index in [1.165, 1.54) is 6.42 Å². The van der Waals surface area contributed by atoms with Crippen LogP contribution in [0, 0.1) is 17.3 Å². The highest BCUT2D eigenvalue weighted by molar-refractivity contribution is 5.85. The summed E-state index contributed by atoms with van der Waals surface area (Å²) in [5, 5.41) is 0. The van der Waals surface area contributed by atoms with Gasteiger partial charge in [0, 0.05) is 19.6 Å². The fourth-order valence-corrected chi connectivity index (χ4v) is 2.51. The maximum atomic E-state index is 12.3. The van der Waals surface area contributed by atoms with Gasteiger partial charge in [-0.25, -0.2) is 0 Å². The average molecular weight is 277 g/mol. The Bertz CT molecular complexity index is 267. The van der Waals surface area contributed by atoms with Crippen LogP contribution in [0.15, 0.2) is 0 Å². The molecule has 18 heavy (non-hydrogen) atoms. The lowest BCUT2D eigenvalue weighted by Crippen LogP contribution is -2.45. The first-order valence-electron chi connectivity index (χ1n) is 6.88. The minimum atomic E-state index is -0.405. The third kappa shape index (κ3) is 4.43. The Morgan fingerprint density at radius 1 is 1.33 bits per heavy atom. The van der Waals surface area contributed by atoms with Crippen molar-refractivity contribution in [3.05, 3.63) is 0 Å². The van der Waals surface area contributed by atoms with Crippen LogP contribution in [0.2, 0.25) is 0 Å². The zero-order valence-corrected chi connectivity index (χ0v) is 13.1. The Morgan fingerprint density at radius 2 is 1.94 bits per heavy atom. The third-order valence-corrected chi connectivity index (χ3v) is 4.09. The molecule has 0 aliphatic carbocycles. The average Bonchev–Trinajstić information content (AvgIpc) is 2.53. The molecule has 0 aromatic heterocycles. The van der Waals surface area contributed by atoms with Crippen molar-refractivity contribution in [2.45, 2.75) is 47.0 Å². The van der Waals surface area contributed by atoms with Gasteiger partial charge in [0.05, 0.1) is 5.41 Å². The van der Waals surface area contributed by atoms with Crippen LogP contribution >= 0.6 is 12.4 Å². The Morgan fingerprint density at radius 3 is 2.44 bits per heavy atom. The molecule has 0 aromatic rings. The van der Waals surface area contributed by atoms with E-state index < -0.39 is 5.41 Å². The number of halogens is 1. The molecule has 1 aliphatic heterocycles. The summed E-state index contributed by atoms with van der Waals surface area (Å²) in [6, 6.07) is 0. The van der Waals surface area contributed by atoms with Crippen molar-refractivity contribution in [1.82, 2.24) is 4.90 Å². The number of nitrogens with two attached hydrogens (primary N) is 1. The molecule has 0 saturated carbocycles. The smallest absolute Gasteiger partial charge is 0.229 e. The number of hydrogen-bond donors (Lipinski definition) is 1. The molecule has 1 atom stereocenters. The predicted octanol–water partition coefficient (Wildman–Crippen LogP) is 2.68. The van der Waals surface area contributed by atoms with E-state index in [1.54, 1.807) is 0 Å². The van der Waals surface area contributed by atoms with E-state index in [9.17, 15) is 4.79 Å². The standard InChI is InChI=1S/C14H28N2O.ClH/c1-11(2)12-6-5-8-16(9-7-12)13(17)14(3,4)10-15;/h11-12H,5-10,15H2,1-4H3;1H. The maximum absolute atomic E-state index is 12.3. The summed E-state index contributed by atoms with van der Waals surface area (Å²) in [5.74, 6) is 1.73. The zero-order chi connectivity index (χ0) is 13.1. The molecular formula is C14H29ClN2O. The molecule has 4 heteroatoms. The second kappa shape index (κ2) is 7.34. The van der Waals surface area contributed by atoms with Crippen molar-refractivity contribution in [1.29, 1.82) is 0 Å². The summed E-state index contributed by atoms with van der Waals surface area (Å²) in [6.45, 7) is 10.7. The van der Waals surface area contributed by atoms with Crippen LogP contribution in [-0.4, -0.2) is 30.4 Å². The molecule has 1 rings (SSSR count). The molecule has 0 aromatic carbocycles. The first-order chi connectivity index (χ1) is 7.88. The second-order valence-corrected chi connectivity index (χ2v) is 6.32. The summed E-state index contributed by atoms with van der Waals surface area (Å²) < 4.78 is 0. The molecular weight excluding hydrogens is 248 g/mol. The number of nitrogens with zero attached hydrogens (tertiary/aromatic N) is 1. The summed E-state index contributed by atoms with van der Waals surface area (Å²) in [4.78, 5) is 14.3. The number of likely N-dealkylation sites (tertiary alicyclic amines) is 1. The number of rotatable bonds is 3. The molecule has 1 amide bonds. The third-order valence-electron chi connectivity index (χ3n) is 4.09. The SMILES string of the molecule is CC(C)C1CCCN(C(=O)C(C)(C)CN)CC1.Cl. The van der Waals surface area contributed by atoms with E-state index in [0.717, 1.165) is 37.8 Å². The first kappa shape index (κ1) is 17.7. The zero-order valence-electron chi connectivity index (χ0n) is 12.2. The van der Waals surface area contributed by atoms with Crippen molar-refractivity contribution < 1.29 is 4.79 Å². The maximum Gasteiger partial charge on any atom is 0.229 e. The Balaban J connectivity index is 0.00000289. The predicted molar refractivity (Wildman–Crippen MR) is 78.8 cm³/mol. The second-order valence-electron chi connectivity index (χ2n) is 6.32. The normalized spacial score (nSPS) is 21.4. The van der Waals surface area contributed by atoms with E-state index in [0.29, 0.717) is 6.54 Å². The molecule has 0 bridgehead atoms. The van der Waals surface area contributed by atoms with Gasteiger partial charge in [0.25, 0.3) is 0 Å². The minimum Gasteiger partial charge on any atom is -0.342 e. The van der Waals surface area contributed by atoms with Gasteiger partial charge in [0.15, 0.2) is 0 Å². The molecule has 2 N–H and O–H groups in total. The summed E-state index contributed by atoms with van der Waals surface area (Å²) >= 11 is 0. The van der Waals surface area contributed by atoms with Gasteiger partial charge in [-0.3, -0.25) is 4.79 Å². The highest BCUT2D eigenvalue weighted by Crippen LogP contribution is 2.26. The molecule has 1 saturated heterocycles. The summed E-state index contributed by atoms with van der Waals surface area (Å²) in [7, 11) is 0. The van der Waals surface area contributed by atoms with Crippen molar-refractivity contribution >= 4 is 18.3 Å². The molecule has 0 spiro atoms. The highest BCUT2D eigenvalue weighted by atomic mass is 35.5. The van der Waals surface area contributed by atoms with E-state index in [2.05, 4.69) is 13.8 Å². The lowest BCUT2D eigenvalue weighted by atomic mass is 9.89. The lowest BCUT2D eigenvalue weighted by Gasteiger charge is -2.30. The Kier molecular flexibility index (Phi) is 7.23. The molecule has 3 nitrogen and oxygen atoms in total. The summed E-state index contributed by atoms with van der Waals surface area (Å²) in [6.07, 6.45) is 3.53. The van der Waals surface area contributed by atoms with E-state index >= 15 is 0 Å². The van der Waals surface area contributed by atoms with Crippen LogP contribution in [0.1, 0.15) is 47.0 Å². The quantitative estimate of drug-likeness (QED) is 0.861. The molecule has 108 valence electrons. The van der Waals surface area contributed by atoms with Crippen LogP contribution in [0.25, 0.3) is 0 Å². The Labute approximate surface area is 118 Å². The van der Waals surface area contributed by atoms with Gasteiger partial charge >= 0.3 is 0 Å². The monoisotopic (exact) mass is 276 g/mol. The minimum absolute atomic E-state index is 0. The molecule has 1 fully saturated rings. The topological polar surface area (TPSA) is 46.3 Å². The number of carbonyl (C=O) groups excluding carboxylic acids is 1. The van der Waals surface area contributed by atoms with Crippen LogP contribution in [0.5, 0.6) is 0 Å². The number of carbonyl (C=O) groups is 1. The van der Waals surface area contributed by atoms with Crippen molar-refractivity contribution in [3.63, 3.8) is 0 Å². The van der Waals surface area contributed by atoms with Gasteiger partial charge < -0.3 is 10.6 Å². The lowest BCUT2D eigenvalue weighted by molar-refractivity contribution is -0.139. The molecule has 1 heterocycles. The van der Waals surface area contributed by atoms with Crippen LogP contribution in [0.4, 0.5) is 0 Å². The van der Waals surface area contributed by atoms with Gasteiger partial charge in [-0.05, 0) is 44.9 Å². The van der Waals surface area contributed by atoms with Gasteiger partial charge in [0.2, 0.25) is 5.91 Å².